The van der Waals surface area contributed by atoms with Gasteiger partial charge in [0.05, 0.1) is 0 Å². The molecule has 2 rings (SSSR count). The van der Waals surface area contributed by atoms with E-state index >= 15 is 0 Å². The Hall–Kier alpha value is -2.73. The summed E-state index contributed by atoms with van der Waals surface area (Å²) in [6.45, 7) is 5.43. The van der Waals surface area contributed by atoms with Crippen LogP contribution in [0, 0.1) is 13.8 Å². The Labute approximate surface area is 154 Å². The molecule has 0 aliphatic carbocycles. The molecule has 2 N–H and O–H groups in total. The van der Waals surface area contributed by atoms with E-state index < -0.39 is 0 Å². The molecule has 0 bridgehead atoms. The van der Waals surface area contributed by atoms with E-state index in [1.165, 1.54) is 12.3 Å². The number of nitrogens with one attached hydrogen (secondary N) is 2. The maximum absolute atomic E-state index is 12.5. The van der Waals surface area contributed by atoms with E-state index in [0.29, 0.717) is 12.1 Å². The van der Waals surface area contributed by atoms with Crippen LogP contribution in [0.15, 0.2) is 36.5 Å². The van der Waals surface area contributed by atoms with Gasteiger partial charge in [-0.05, 0) is 70.2 Å². The average Bonchev–Trinajstić information content (AvgIpc) is 2.62. The number of amides is 2. The van der Waals surface area contributed by atoms with Crippen molar-refractivity contribution in [1.29, 1.82) is 0 Å². The summed E-state index contributed by atoms with van der Waals surface area (Å²) >= 11 is 0. The third kappa shape index (κ3) is 5.39. The van der Waals surface area contributed by atoms with Gasteiger partial charge in [-0.3, -0.25) is 14.6 Å². The van der Waals surface area contributed by atoms with Crippen LogP contribution in [0.25, 0.3) is 0 Å². The molecule has 2 aromatic rings. The van der Waals surface area contributed by atoms with Crippen molar-refractivity contribution < 1.29 is 9.59 Å². The van der Waals surface area contributed by atoms with E-state index in [9.17, 15) is 9.59 Å². The molecule has 0 saturated carbocycles. The maximum Gasteiger partial charge on any atom is 0.274 e. The van der Waals surface area contributed by atoms with Crippen molar-refractivity contribution in [2.75, 3.05) is 32.5 Å². The molecule has 0 aliphatic heterocycles. The highest BCUT2D eigenvalue weighted by Crippen LogP contribution is 2.18. The Morgan fingerprint density at radius 2 is 1.88 bits per heavy atom. The minimum Gasteiger partial charge on any atom is -0.352 e. The Balaban J connectivity index is 2.02. The van der Waals surface area contributed by atoms with Crippen LogP contribution in [0.1, 0.15) is 38.4 Å². The minimum atomic E-state index is -0.332. The van der Waals surface area contributed by atoms with Gasteiger partial charge in [0.15, 0.2) is 0 Å². The molecule has 6 nitrogen and oxygen atoms in total. The summed E-state index contributed by atoms with van der Waals surface area (Å²) < 4.78 is 0. The van der Waals surface area contributed by atoms with Gasteiger partial charge >= 0.3 is 0 Å². The second-order valence-corrected chi connectivity index (χ2v) is 6.54. The topological polar surface area (TPSA) is 74.3 Å². The largest absolute Gasteiger partial charge is 0.352 e. The number of hydrogen-bond donors (Lipinski definition) is 2. The molecule has 0 fully saturated rings. The molecule has 138 valence electrons. The Bertz CT molecular complexity index is 787. The van der Waals surface area contributed by atoms with Crippen molar-refractivity contribution in [3.8, 4) is 0 Å². The van der Waals surface area contributed by atoms with Crippen LogP contribution in [0.2, 0.25) is 0 Å². The standard InChI is InChI=1S/C20H26N4O2/c1-14-7-5-8-17(15(14)2)23-20(26)18-13-16(9-11-21-18)19(25)22-10-6-12-24(3)4/h5,7-9,11,13H,6,10,12H2,1-4H3,(H,22,25)(H,23,26). The van der Waals surface area contributed by atoms with Crippen molar-refractivity contribution in [2.24, 2.45) is 0 Å². The van der Waals surface area contributed by atoms with Gasteiger partial charge in [0, 0.05) is 24.0 Å². The van der Waals surface area contributed by atoms with Crippen LogP contribution >= 0.6 is 0 Å². The number of aromatic nitrogens is 1. The predicted octanol–water partition coefficient (Wildman–Crippen LogP) is 2.63. The van der Waals surface area contributed by atoms with Gasteiger partial charge in [-0.15, -0.1) is 0 Å². The number of benzene rings is 1. The third-order valence-corrected chi connectivity index (χ3v) is 4.18. The summed E-state index contributed by atoms with van der Waals surface area (Å²) in [7, 11) is 3.98. The van der Waals surface area contributed by atoms with Crippen LogP contribution in [0.3, 0.4) is 0 Å². The fraction of sp³-hybridized carbons (Fsp3) is 0.350. The predicted molar refractivity (Wildman–Crippen MR) is 104 cm³/mol. The lowest BCUT2D eigenvalue weighted by Gasteiger charge is -2.11. The van der Waals surface area contributed by atoms with Crippen molar-refractivity contribution in [3.05, 3.63) is 58.9 Å². The second kappa shape index (κ2) is 9.10. The molecule has 0 saturated heterocycles. The van der Waals surface area contributed by atoms with Crippen molar-refractivity contribution in [3.63, 3.8) is 0 Å². The van der Waals surface area contributed by atoms with Gasteiger partial charge in [-0.1, -0.05) is 12.1 Å². The molecule has 0 atom stereocenters. The first-order chi connectivity index (χ1) is 12.4. The minimum absolute atomic E-state index is 0.202. The number of hydrogen-bond acceptors (Lipinski definition) is 4. The first kappa shape index (κ1) is 19.6. The summed E-state index contributed by atoms with van der Waals surface area (Å²) in [4.78, 5) is 30.9. The van der Waals surface area contributed by atoms with Crippen LogP contribution in [0.4, 0.5) is 5.69 Å². The van der Waals surface area contributed by atoms with E-state index in [1.807, 2.05) is 46.1 Å². The van der Waals surface area contributed by atoms with E-state index in [0.717, 1.165) is 29.8 Å². The highest BCUT2D eigenvalue weighted by Gasteiger charge is 2.13. The smallest absolute Gasteiger partial charge is 0.274 e. The number of aryl methyl sites for hydroxylation is 1. The summed E-state index contributed by atoms with van der Waals surface area (Å²) in [5.41, 5.74) is 3.50. The Morgan fingerprint density at radius 3 is 2.62 bits per heavy atom. The Kier molecular flexibility index (Phi) is 6.86. The second-order valence-electron chi connectivity index (χ2n) is 6.54. The van der Waals surface area contributed by atoms with Crippen LogP contribution in [-0.2, 0) is 0 Å². The quantitative estimate of drug-likeness (QED) is 0.750. The molecule has 26 heavy (non-hydrogen) atoms. The highest BCUT2D eigenvalue weighted by molar-refractivity contribution is 6.05. The number of nitrogens with zero attached hydrogens (tertiary/aromatic N) is 2. The van der Waals surface area contributed by atoms with Gasteiger partial charge in [0.1, 0.15) is 5.69 Å². The molecule has 0 radical (unpaired) electrons. The summed E-state index contributed by atoms with van der Waals surface area (Å²) in [5.74, 6) is -0.534. The normalized spacial score (nSPS) is 10.7. The maximum atomic E-state index is 12.5. The van der Waals surface area contributed by atoms with Crippen molar-refractivity contribution in [2.45, 2.75) is 20.3 Å². The van der Waals surface area contributed by atoms with Gasteiger partial charge in [0.2, 0.25) is 0 Å². The van der Waals surface area contributed by atoms with Gasteiger partial charge in [-0.25, -0.2) is 0 Å². The molecular weight excluding hydrogens is 328 g/mol. The number of pyridine rings is 1. The first-order valence-electron chi connectivity index (χ1n) is 8.65. The zero-order valence-electron chi connectivity index (χ0n) is 15.8. The van der Waals surface area contributed by atoms with Gasteiger partial charge < -0.3 is 15.5 Å². The fourth-order valence-corrected chi connectivity index (χ4v) is 2.47. The monoisotopic (exact) mass is 354 g/mol. The number of carbonyl (C=O) groups excluding carboxylic acids is 2. The average molecular weight is 354 g/mol. The zero-order valence-corrected chi connectivity index (χ0v) is 15.8. The molecule has 1 aromatic heterocycles. The lowest BCUT2D eigenvalue weighted by Crippen LogP contribution is -2.27. The van der Waals surface area contributed by atoms with E-state index in [4.69, 9.17) is 0 Å². The molecule has 6 heteroatoms. The number of carbonyl (C=O) groups is 2. The molecule has 0 spiro atoms. The van der Waals surface area contributed by atoms with Gasteiger partial charge in [0.25, 0.3) is 11.8 Å². The lowest BCUT2D eigenvalue weighted by molar-refractivity contribution is 0.0952. The first-order valence-corrected chi connectivity index (χ1v) is 8.65. The van der Waals surface area contributed by atoms with E-state index in [-0.39, 0.29) is 17.5 Å². The molecule has 1 aromatic carbocycles. The summed E-state index contributed by atoms with van der Waals surface area (Å²) in [6, 6.07) is 8.85. The number of anilines is 1. The van der Waals surface area contributed by atoms with Crippen molar-refractivity contribution in [1.82, 2.24) is 15.2 Å². The molecule has 0 unspecified atom stereocenters. The summed E-state index contributed by atoms with van der Waals surface area (Å²) in [5, 5.41) is 5.72. The zero-order chi connectivity index (χ0) is 19.1. The SMILES string of the molecule is Cc1cccc(NC(=O)c2cc(C(=O)NCCCN(C)C)ccn2)c1C. The van der Waals surface area contributed by atoms with E-state index in [2.05, 4.69) is 20.5 Å². The molecule has 1 heterocycles. The lowest BCUT2D eigenvalue weighted by atomic mass is 10.1. The third-order valence-electron chi connectivity index (χ3n) is 4.18. The van der Waals surface area contributed by atoms with Crippen LogP contribution in [0.5, 0.6) is 0 Å². The van der Waals surface area contributed by atoms with Crippen LogP contribution in [-0.4, -0.2) is 48.9 Å². The fourth-order valence-electron chi connectivity index (χ4n) is 2.47. The molecular formula is C20H26N4O2. The summed E-state index contributed by atoms with van der Waals surface area (Å²) in [6.07, 6.45) is 2.34. The molecule has 0 aliphatic rings. The Morgan fingerprint density at radius 1 is 1.12 bits per heavy atom. The highest BCUT2D eigenvalue weighted by atomic mass is 16.2. The van der Waals surface area contributed by atoms with Gasteiger partial charge in [-0.2, -0.15) is 0 Å². The van der Waals surface area contributed by atoms with Crippen molar-refractivity contribution >= 4 is 17.5 Å². The number of rotatable bonds is 7. The molecule has 2 amide bonds. The van der Waals surface area contributed by atoms with Crippen LogP contribution < -0.4 is 10.6 Å². The van der Waals surface area contributed by atoms with E-state index in [1.54, 1.807) is 6.07 Å².